The lowest BCUT2D eigenvalue weighted by atomic mass is 9.95. The lowest BCUT2D eigenvalue weighted by Crippen LogP contribution is -2.34. The van der Waals surface area contributed by atoms with Gasteiger partial charge < -0.3 is 33.5 Å². The maximum absolute atomic E-state index is 9.15. The van der Waals surface area contributed by atoms with Crippen molar-refractivity contribution in [3.05, 3.63) is 47.5 Å². The van der Waals surface area contributed by atoms with Gasteiger partial charge in [0.05, 0.1) is 26.9 Å². The van der Waals surface area contributed by atoms with Crippen molar-refractivity contribution in [2.75, 3.05) is 42.3 Å². The molecule has 7 heteroatoms. The van der Waals surface area contributed by atoms with Gasteiger partial charge in [-0.2, -0.15) is 0 Å². The highest BCUT2D eigenvalue weighted by Gasteiger charge is 2.38. The first kappa shape index (κ1) is 20.8. The van der Waals surface area contributed by atoms with Crippen molar-refractivity contribution in [2.24, 2.45) is 0 Å². The maximum Gasteiger partial charge on any atom is 0.203 e. The standard InChI is InChI=1S/C20H26O7/c1-22-17-11-10-15(18(23-2)19(17)24-3)20(25-4,26-5)12-14-8-6-7-9-16(14)27-13-21/h6-11,21H,12-13H2,1-5H3. The Bertz CT molecular complexity index is 741. The molecule has 0 fully saturated rings. The number of hydrogen-bond acceptors (Lipinski definition) is 7. The van der Waals surface area contributed by atoms with Crippen molar-refractivity contribution in [2.45, 2.75) is 12.2 Å². The summed E-state index contributed by atoms with van der Waals surface area (Å²) in [5.41, 5.74) is 1.43. The maximum atomic E-state index is 9.15. The van der Waals surface area contributed by atoms with Crippen LogP contribution < -0.4 is 18.9 Å². The highest BCUT2D eigenvalue weighted by Crippen LogP contribution is 2.46. The van der Waals surface area contributed by atoms with Crippen LogP contribution in [0.2, 0.25) is 0 Å². The topological polar surface area (TPSA) is 75.6 Å². The summed E-state index contributed by atoms with van der Waals surface area (Å²) in [7, 11) is 7.74. The summed E-state index contributed by atoms with van der Waals surface area (Å²) in [6.45, 7) is -0.427. The normalized spacial score (nSPS) is 11.2. The van der Waals surface area contributed by atoms with Crippen LogP contribution in [0.1, 0.15) is 11.1 Å². The molecule has 0 saturated carbocycles. The van der Waals surface area contributed by atoms with Crippen molar-refractivity contribution >= 4 is 0 Å². The van der Waals surface area contributed by atoms with Crippen molar-refractivity contribution in [1.29, 1.82) is 0 Å². The molecule has 27 heavy (non-hydrogen) atoms. The highest BCUT2D eigenvalue weighted by atomic mass is 16.7. The van der Waals surface area contributed by atoms with E-state index in [-0.39, 0.29) is 0 Å². The van der Waals surface area contributed by atoms with E-state index in [1.807, 2.05) is 24.3 Å². The van der Waals surface area contributed by atoms with Crippen LogP contribution in [-0.4, -0.2) is 47.4 Å². The van der Waals surface area contributed by atoms with Crippen molar-refractivity contribution in [1.82, 2.24) is 0 Å². The third-order valence-electron chi connectivity index (χ3n) is 4.39. The summed E-state index contributed by atoms with van der Waals surface area (Å²) < 4.78 is 33.4. The first-order valence-electron chi connectivity index (χ1n) is 8.32. The van der Waals surface area contributed by atoms with Crippen LogP contribution in [0.25, 0.3) is 0 Å². The molecule has 0 heterocycles. The molecule has 7 nitrogen and oxygen atoms in total. The van der Waals surface area contributed by atoms with Gasteiger partial charge in [-0.05, 0) is 23.8 Å². The number of hydrogen-bond donors (Lipinski definition) is 1. The lowest BCUT2D eigenvalue weighted by Gasteiger charge is -2.33. The van der Waals surface area contributed by atoms with Gasteiger partial charge in [0.1, 0.15) is 5.75 Å². The lowest BCUT2D eigenvalue weighted by molar-refractivity contribution is -0.216. The van der Waals surface area contributed by atoms with Crippen LogP contribution in [0.15, 0.2) is 36.4 Å². The third kappa shape index (κ3) is 4.10. The van der Waals surface area contributed by atoms with Crippen LogP contribution in [0.4, 0.5) is 0 Å². The number of aliphatic hydroxyl groups is 1. The molecule has 2 rings (SSSR count). The molecule has 0 aliphatic carbocycles. The summed E-state index contributed by atoms with van der Waals surface area (Å²) in [5, 5.41) is 9.15. The SMILES string of the molecule is COc1ccc(C(Cc2ccccc2OCO)(OC)OC)c(OC)c1OC. The predicted molar refractivity (Wildman–Crippen MR) is 99.7 cm³/mol. The van der Waals surface area contributed by atoms with Crippen LogP contribution in [-0.2, 0) is 21.7 Å². The van der Waals surface area contributed by atoms with Crippen molar-refractivity contribution < 1.29 is 33.5 Å². The Balaban J connectivity index is 2.60. The van der Waals surface area contributed by atoms with E-state index >= 15 is 0 Å². The van der Waals surface area contributed by atoms with E-state index in [2.05, 4.69) is 0 Å². The quantitative estimate of drug-likeness (QED) is 0.637. The molecule has 148 valence electrons. The molecule has 0 aliphatic rings. The first-order chi connectivity index (χ1) is 13.1. The molecule has 0 aromatic heterocycles. The zero-order chi connectivity index (χ0) is 19.9. The zero-order valence-corrected chi connectivity index (χ0v) is 16.3. The molecule has 2 aromatic rings. The van der Waals surface area contributed by atoms with Gasteiger partial charge in [-0.3, -0.25) is 0 Å². The predicted octanol–water partition coefficient (Wildman–Crippen LogP) is 2.73. The Morgan fingerprint density at radius 2 is 1.44 bits per heavy atom. The summed E-state index contributed by atoms with van der Waals surface area (Å²) in [6.07, 6.45) is 0.308. The Morgan fingerprint density at radius 1 is 0.778 bits per heavy atom. The van der Waals surface area contributed by atoms with E-state index in [0.717, 1.165) is 5.56 Å². The Hall–Kier alpha value is -2.48. The van der Waals surface area contributed by atoms with Gasteiger partial charge in [0, 0.05) is 20.6 Å². The molecule has 0 bridgehead atoms. The van der Waals surface area contributed by atoms with Crippen LogP contribution >= 0.6 is 0 Å². The third-order valence-corrected chi connectivity index (χ3v) is 4.39. The second kappa shape index (κ2) is 9.45. The number of ether oxygens (including phenoxy) is 6. The van der Waals surface area contributed by atoms with Crippen LogP contribution in [0.3, 0.4) is 0 Å². The van der Waals surface area contributed by atoms with E-state index in [9.17, 15) is 0 Å². The van der Waals surface area contributed by atoms with E-state index in [0.29, 0.717) is 35.0 Å². The monoisotopic (exact) mass is 378 g/mol. The molecule has 0 aliphatic heterocycles. The molecule has 0 unspecified atom stereocenters. The smallest absolute Gasteiger partial charge is 0.203 e. The minimum atomic E-state index is -1.18. The fourth-order valence-electron chi connectivity index (χ4n) is 3.05. The molecule has 2 aromatic carbocycles. The van der Waals surface area contributed by atoms with Gasteiger partial charge in [0.2, 0.25) is 11.5 Å². The average molecular weight is 378 g/mol. The van der Waals surface area contributed by atoms with Crippen molar-refractivity contribution in [3.8, 4) is 23.0 Å². The van der Waals surface area contributed by atoms with E-state index in [1.54, 1.807) is 40.6 Å². The van der Waals surface area contributed by atoms with Gasteiger partial charge in [-0.25, -0.2) is 0 Å². The van der Waals surface area contributed by atoms with E-state index in [4.69, 9.17) is 33.5 Å². The number of para-hydroxylation sites is 1. The van der Waals surface area contributed by atoms with Gasteiger partial charge in [-0.1, -0.05) is 18.2 Å². The van der Waals surface area contributed by atoms with E-state index in [1.165, 1.54) is 7.11 Å². The van der Waals surface area contributed by atoms with Gasteiger partial charge in [0.15, 0.2) is 18.3 Å². The number of methoxy groups -OCH3 is 5. The highest BCUT2D eigenvalue weighted by molar-refractivity contribution is 5.57. The van der Waals surface area contributed by atoms with Gasteiger partial charge >= 0.3 is 0 Å². The molecule has 0 saturated heterocycles. The second-order valence-corrected chi connectivity index (χ2v) is 5.60. The summed E-state index contributed by atoms with van der Waals surface area (Å²) in [6, 6.07) is 10.9. The molecule has 0 amide bonds. The minimum Gasteiger partial charge on any atom is -0.493 e. The Kier molecular flexibility index (Phi) is 7.29. The summed E-state index contributed by atoms with van der Waals surface area (Å²) in [5.74, 6) is 0.776. The second-order valence-electron chi connectivity index (χ2n) is 5.60. The van der Waals surface area contributed by atoms with Gasteiger partial charge in [-0.15, -0.1) is 0 Å². The molecule has 1 N–H and O–H groups in total. The summed E-state index contributed by atoms with van der Waals surface area (Å²) in [4.78, 5) is 0. The largest absolute Gasteiger partial charge is 0.493 e. The Morgan fingerprint density at radius 3 is 2.00 bits per heavy atom. The molecule has 0 radical (unpaired) electrons. The number of benzene rings is 2. The molecule has 0 spiro atoms. The molecular weight excluding hydrogens is 352 g/mol. The fraction of sp³-hybridized carbons (Fsp3) is 0.400. The number of rotatable bonds is 10. The zero-order valence-electron chi connectivity index (χ0n) is 16.3. The molecule has 0 atom stereocenters. The van der Waals surface area contributed by atoms with Crippen molar-refractivity contribution in [3.63, 3.8) is 0 Å². The average Bonchev–Trinajstić information content (AvgIpc) is 2.72. The number of aliphatic hydroxyl groups excluding tert-OH is 1. The van der Waals surface area contributed by atoms with Crippen LogP contribution in [0, 0.1) is 0 Å². The Labute approximate surface area is 159 Å². The van der Waals surface area contributed by atoms with E-state index < -0.39 is 12.6 Å². The first-order valence-corrected chi connectivity index (χ1v) is 8.32. The minimum absolute atomic E-state index is 0.308. The summed E-state index contributed by atoms with van der Waals surface area (Å²) >= 11 is 0. The van der Waals surface area contributed by atoms with Gasteiger partial charge in [0.25, 0.3) is 0 Å². The molecular formula is C20H26O7. The van der Waals surface area contributed by atoms with Crippen LogP contribution in [0.5, 0.6) is 23.0 Å². The fourth-order valence-corrected chi connectivity index (χ4v) is 3.05.